The van der Waals surface area contributed by atoms with Crippen LogP contribution >= 0.6 is 11.8 Å². The molecule has 180 valence electrons. The number of carbonyl (C=O) groups is 3. The molecule has 0 aliphatic heterocycles. The van der Waals surface area contributed by atoms with Crippen molar-refractivity contribution in [3.05, 3.63) is 0 Å². The van der Waals surface area contributed by atoms with E-state index in [0.29, 0.717) is 50.1 Å². The first-order chi connectivity index (χ1) is 14.9. The zero-order chi connectivity index (χ0) is 23.3. The fourth-order valence-electron chi connectivity index (χ4n) is 2.54. The van der Waals surface area contributed by atoms with Gasteiger partial charge in [0.15, 0.2) is 5.96 Å². The van der Waals surface area contributed by atoms with E-state index in [1.165, 1.54) is 11.8 Å². The summed E-state index contributed by atoms with van der Waals surface area (Å²) in [6.45, 7) is 4.27. The molecule has 0 aromatic heterocycles. The van der Waals surface area contributed by atoms with Crippen molar-refractivity contribution < 1.29 is 14.4 Å². The van der Waals surface area contributed by atoms with E-state index >= 15 is 0 Å². The molecule has 0 spiro atoms. The topological polar surface area (TPSA) is 150 Å². The van der Waals surface area contributed by atoms with Crippen LogP contribution in [0.5, 0.6) is 0 Å². The zero-order valence-electron chi connectivity index (χ0n) is 19.2. The van der Waals surface area contributed by atoms with Gasteiger partial charge in [0.25, 0.3) is 0 Å². The maximum absolute atomic E-state index is 12.0. The van der Waals surface area contributed by atoms with E-state index in [0.717, 1.165) is 25.7 Å². The molecule has 0 saturated heterocycles. The Kier molecular flexibility index (Phi) is 18.6. The maximum atomic E-state index is 12.0. The zero-order valence-corrected chi connectivity index (χ0v) is 20.0. The molecule has 0 radical (unpaired) electrons. The molecule has 0 bridgehead atoms. The first kappa shape index (κ1) is 29.0. The summed E-state index contributed by atoms with van der Waals surface area (Å²) in [5.41, 5.74) is 5.90. The monoisotopic (exact) mass is 459 g/mol. The van der Waals surface area contributed by atoms with E-state index < -0.39 is 6.04 Å². The van der Waals surface area contributed by atoms with Gasteiger partial charge in [-0.2, -0.15) is 11.8 Å². The highest BCUT2D eigenvalue weighted by atomic mass is 32.2. The lowest BCUT2D eigenvalue weighted by molar-refractivity contribution is -0.123. The van der Waals surface area contributed by atoms with Crippen LogP contribution in [0.3, 0.4) is 0 Å². The van der Waals surface area contributed by atoms with Crippen molar-refractivity contribution >= 4 is 35.4 Å². The van der Waals surface area contributed by atoms with Crippen molar-refractivity contribution in [1.82, 2.24) is 26.6 Å². The average molecular weight is 460 g/mol. The van der Waals surface area contributed by atoms with Gasteiger partial charge in [0.2, 0.25) is 17.7 Å². The van der Waals surface area contributed by atoms with Crippen LogP contribution in [0.25, 0.3) is 0 Å². The number of amides is 3. The van der Waals surface area contributed by atoms with E-state index in [2.05, 4.69) is 38.5 Å². The second-order valence-electron chi connectivity index (χ2n) is 7.00. The van der Waals surface area contributed by atoms with Crippen LogP contribution < -0.4 is 32.3 Å². The van der Waals surface area contributed by atoms with Crippen molar-refractivity contribution in [3.8, 4) is 0 Å². The summed E-state index contributed by atoms with van der Waals surface area (Å²) in [5.74, 6) is 1.26. The Morgan fingerprint density at radius 1 is 0.935 bits per heavy atom. The summed E-state index contributed by atoms with van der Waals surface area (Å²) in [7, 11) is 3.47. The standard InChI is InChI=1S/C20H41N7O3S/c1-4-5-6-10-24-17(28)9-12-25-18(29)15-31-14-13-26-19(30)16(21)8-7-11-27-20(22-2)23-3/h16H,4-15,21H2,1-3H3,(H,24,28)(H,25,29)(H,26,30)(H2,22,23,27). The first-order valence-electron chi connectivity index (χ1n) is 11.0. The number of hydrogen-bond donors (Lipinski definition) is 6. The van der Waals surface area contributed by atoms with E-state index in [4.69, 9.17) is 5.73 Å². The number of unbranched alkanes of at least 4 members (excludes halogenated alkanes) is 2. The number of aliphatic imine (C=N–C) groups is 1. The lowest BCUT2D eigenvalue weighted by atomic mass is 10.1. The van der Waals surface area contributed by atoms with Gasteiger partial charge in [-0.05, 0) is 19.3 Å². The van der Waals surface area contributed by atoms with Gasteiger partial charge in [0, 0.05) is 52.4 Å². The van der Waals surface area contributed by atoms with Crippen molar-refractivity contribution in [1.29, 1.82) is 0 Å². The number of carbonyl (C=O) groups excluding carboxylic acids is 3. The highest BCUT2D eigenvalue weighted by molar-refractivity contribution is 7.99. The molecule has 0 aromatic carbocycles. The maximum Gasteiger partial charge on any atom is 0.236 e. The highest BCUT2D eigenvalue weighted by Gasteiger charge is 2.12. The number of nitrogens with zero attached hydrogens (tertiary/aromatic N) is 1. The van der Waals surface area contributed by atoms with Crippen LogP contribution in [-0.4, -0.2) is 81.5 Å². The predicted molar refractivity (Wildman–Crippen MR) is 128 cm³/mol. The van der Waals surface area contributed by atoms with Crippen molar-refractivity contribution in [2.24, 2.45) is 10.7 Å². The molecule has 7 N–H and O–H groups in total. The Bertz CT molecular complexity index is 547. The molecule has 1 atom stereocenters. The molecule has 0 rings (SSSR count). The second kappa shape index (κ2) is 19.9. The lowest BCUT2D eigenvalue weighted by Crippen LogP contribution is -2.42. The predicted octanol–water partition coefficient (Wildman–Crippen LogP) is -0.449. The molecule has 1 unspecified atom stereocenters. The van der Waals surface area contributed by atoms with E-state index in [-0.39, 0.29) is 24.1 Å². The molecule has 11 heteroatoms. The Morgan fingerprint density at radius 2 is 1.65 bits per heavy atom. The normalized spacial score (nSPS) is 12.1. The summed E-state index contributed by atoms with van der Waals surface area (Å²) in [5, 5.41) is 14.4. The van der Waals surface area contributed by atoms with Crippen LogP contribution in [0, 0.1) is 0 Å². The van der Waals surface area contributed by atoms with Gasteiger partial charge in [0.05, 0.1) is 11.8 Å². The quantitative estimate of drug-likeness (QED) is 0.0980. The van der Waals surface area contributed by atoms with Gasteiger partial charge in [-0.1, -0.05) is 19.8 Å². The van der Waals surface area contributed by atoms with Gasteiger partial charge in [0.1, 0.15) is 0 Å². The Labute approximate surface area is 190 Å². The fourth-order valence-corrected chi connectivity index (χ4v) is 3.22. The molecule has 0 aromatic rings. The third-order valence-electron chi connectivity index (χ3n) is 4.34. The van der Waals surface area contributed by atoms with Crippen molar-refractivity contribution in [2.75, 3.05) is 51.8 Å². The third kappa shape index (κ3) is 17.4. The van der Waals surface area contributed by atoms with Crippen LogP contribution in [0.15, 0.2) is 4.99 Å². The van der Waals surface area contributed by atoms with Gasteiger partial charge in [-0.15, -0.1) is 0 Å². The number of nitrogens with two attached hydrogens (primary N) is 1. The molecular formula is C20H41N7O3S. The minimum atomic E-state index is -0.556. The van der Waals surface area contributed by atoms with Crippen LogP contribution in [-0.2, 0) is 14.4 Å². The molecule has 0 fully saturated rings. The SMILES string of the molecule is CCCCCNC(=O)CCNC(=O)CSCCNC(=O)C(N)CCCN/C(=N\C)NC. The Morgan fingerprint density at radius 3 is 2.32 bits per heavy atom. The first-order valence-corrected chi connectivity index (χ1v) is 12.1. The number of thioether (sulfide) groups is 1. The Hall–Kier alpha value is -2.01. The molecular weight excluding hydrogens is 418 g/mol. The van der Waals surface area contributed by atoms with E-state index in [9.17, 15) is 14.4 Å². The van der Waals surface area contributed by atoms with Crippen LogP contribution in [0.1, 0.15) is 45.4 Å². The fraction of sp³-hybridized carbons (Fsp3) is 0.800. The third-order valence-corrected chi connectivity index (χ3v) is 5.30. The van der Waals surface area contributed by atoms with E-state index in [1.54, 1.807) is 14.1 Å². The number of nitrogens with one attached hydrogen (secondary N) is 5. The minimum Gasteiger partial charge on any atom is -0.359 e. The molecule has 0 aliphatic carbocycles. The molecule has 0 aliphatic rings. The summed E-state index contributed by atoms with van der Waals surface area (Å²) in [4.78, 5) is 39.4. The highest BCUT2D eigenvalue weighted by Crippen LogP contribution is 1.99. The molecule has 31 heavy (non-hydrogen) atoms. The van der Waals surface area contributed by atoms with Gasteiger partial charge < -0.3 is 32.3 Å². The summed E-state index contributed by atoms with van der Waals surface area (Å²) >= 11 is 1.42. The lowest BCUT2D eigenvalue weighted by Gasteiger charge is -2.13. The minimum absolute atomic E-state index is 0.0418. The van der Waals surface area contributed by atoms with Crippen molar-refractivity contribution in [3.63, 3.8) is 0 Å². The Balaban J connectivity index is 3.65. The largest absolute Gasteiger partial charge is 0.359 e. The molecule has 0 heterocycles. The smallest absolute Gasteiger partial charge is 0.236 e. The van der Waals surface area contributed by atoms with Crippen molar-refractivity contribution in [2.45, 2.75) is 51.5 Å². The molecule has 10 nitrogen and oxygen atoms in total. The summed E-state index contributed by atoms with van der Waals surface area (Å²) in [6.07, 6.45) is 4.81. The van der Waals surface area contributed by atoms with Gasteiger partial charge in [-0.25, -0.2) is 0 Å². The van der Waals surface area contributed by atoms with Crippen LogP contribution in [0.2, 0.25) is 0 Å². The molecule has 0 saturated carbocycles. The number of rotatable bonds is 17. The van der Waals surface area contributed by atoms with Gasteiger partial charge >= 0.3 is 0 Å². The van der Waals surface area contributed by atoms with Crippen LogP contribution in [0.4, 0.5) is 0 Å². The summed E-state index contributed by atoms with van der Waals surface area (Å²) < 4.78 is 0. The number of hydrogen-bond acceptors (Lipinski definition) is 6. The van der Waals surface area contributed by atoms with E-state index in [1.807, 2.05) is 0 Å². The molecule has 3 amide bonds. The second-order valence-corrected chi connectivity index (χ2v) is 8.10. The average Bonchev–Trinajstić information content (AvgIpc) is 2.76. The number of guanidine groups is 1. The summed E-state index contributed by atoms with van der Waals surface area (Å²) in [6, 6.07) is -0.556. The van der Waals surface area contributed by atoms with Gasteiger partial charge in [-0.3, -0.25) is 19.4 Å².